The molecule has 2 aromatic heterocycles. The standard InChI is InChI=1S/C31H26N2O3/c1-19-17-26-23(10-9-22(33-26)8-7-20-5-3-2-4-6-20)30(25(19)18-28(34)35)24-11-12-27-29-21(14-16-36-27)13-15-32-31(24)29/h2-6,9-13,15,17H,7-8,14,16,18H2,1H3,(H,34,35). The van der Waals surface area contributed by atoms with E-state index < -0.39 is 5.97 Å². The predicted octanol–water partition coefficient (Wildman–Crippen LogP) is 6.11. The normalized spacial score (nSPS) is 12.6. The Hall–Kier alpha value is -4.25. The minimum atomic E-state index is -0.856. The summed E-state index contributed by atoms with van der Waals surface area (Å²) in [5.41, 5.74) is 8.77. The Morgan fingerprint density at radius 3 is 2.72 bits per heavy atom. The first-order valence-electron chi connectivity index (χ1n) is 12.3. The topological polar surface area (TPSA) is 72.3 Å². The molecule has 36 heavy (non-hydrogen) atoms. The maximum atomic E-state index is 11.9. The number of hydrogen-bond donors (Lipinski definition) is 1. The highest BCUT2D eigenvalue weighted by atomic mass is 16.5. The SMILES string of the molecule is Cc1cc2nc(CCc3ccccc3)ccc2c(-c2ccc3c4c(ccnc24)CCO3)c1CC(=O)O. The molecule has 178 valence electrons. The molecule has 1 N–H and O–H groups in total. The van der Waals surface area contributed by atoms with Gasteiger partial charge in [-0.15, -0.1) is 0 Å². The van der Waals surface area contributed by atoms with Gasteiger partial charge < -0.3 is 9.84 Å². The molecule has 0 fully saturated rings. The highest BCUT2D eigenvalue weighted by Crippen LogP contribution is 2.42. The van der Waals surface area contributed by atoms with Crippen molar-refractivity contribution in [2.24, 2.45) is 0 Å². The van der Waals surface area contributed by atoms with Crippen molar-refractivity contribution in [3.63, 3.8) is 0 Å². The molecule has 0 unspecified atom stereocenters. The summed E-state index contributed by atoms with van der Waals surface area (Å²) in [7, 11) is 0. The van der Waals surface area contributed by atoms with E-state index in [2.05, 4.69) is 36.4 Å². The number of carboxylic acids is 1. The van der Waals surface area contributed by atoms with Crippen LogP contribution in [0.25, 0.3) is 32.9 Å². The van der Waals surface area contributed by atoms with Crippen LogP contribution in [0.1, 0.15) is 27.9 Å². The number of fused-ring (bicyclic) bond motifs is 1. The van der Waals surface area contributed by atoms with E-state index in [0.29, 0.717) is 6.61 Å². The second-order valence-electron chi connectivity index (χ2n) is 9.38. The van der Waals surface area contributed by atoms with Crippen LogP contribution >= 0.6 is 0 Å². The van der Waals surface area contributed by atoms with Gasteiger partial charge in [-0.25, -0.2) is 0 Å². The van der Waals surface area contributed by atoms with Gasteiger partial charge in [0.15, 0.2) is 0 Å². The van der Waals surface area contributed by atoms with E-state index >= 15 is 0 Å². The van der Waals surface area contributed by atoms with Crippen molar-refractivity contribution in [3.8, 4) is 16.9 Å². The number of pyridine rings is 2. The van der Waals surface area contributed by atoms with E-state index in [4.69, 9.17) is 14.7 Å². The molecule has 1 aliphatic heterocycles. The van der Waals surface area contributed by atoms with Crippen LogP contribution in [-0.4, -0.2) is 27.7 Å². The number of hydrogen-bond acceptors (Lipinski definition) is 4. The highest BCUT2D eigenvalue weighted by molar-refractivity contribution is 6.07. The minimum absolute atomic E-state index is 0.0632. The number of benzene rings is 3. The van der Waals surface area contributed by atoms with Crippen molar-refractivity contribution in [1.82, 2.24) is 9.97 Å². The van der Waals surface area contributed by atoms with E-state index in [9.17, 15) is 9.90 Å². The Balaban J connectivity index is 1.54. The molecule has 5 heteroatoms. The molecule has 0 radical (unpaired) electrons. The van der Waals surface area contributed by atoms with Crippen LogP contribution in [0, 0.1) is 6.92 Å². The first-order chi connectivity index (χ1) is 17.6. The summed E-state index contributed by atoms with van der Waals surface area (Å²) >= 11 is 0. The van der Waals surface area contributed by atoms with Gasteiger partial charge in [-0.1, -0.05) is 36.4 Å². The van der Waals surface area contributed by atoms with Crippen LogP contribution in [-0.2, 0) is 30.5 Å². The molecule has 6 rings (SSSR count). The highest BCUT2D eigenvalue weighted by Gasteiger charge is 2.22. The molecule has 0 atom stereocenters. The molecule has 3 aromatic carbocycles. The zero-order valence-electron chi connectivity index (χ0n) is 20.1. The lowest BCUT2D eigenvalue weighted by molar-refractivity contribution is -0.136. The predicted molar refractivity (Wildman–Crippen MR) is 142 cm³/mol. The largest absolute Gasteiger partial charge is 0.493 e. The number of nitrogens with zero attached hydrogens (tertiary/aromatic N) is 2. The smallest absolute Gasteiger partial charge is 0.307 e. The fraction of sp³-hybridized carbons (Fsp3) is 0.194. The number of aromatic nitrogens is 2. The van der Waals surface area contributed by atoms with Crippen LogP contribution < -0.4 is 4.74 Å². The number of carboxylic acid groups (broad SMARTS) is 1. The van der Waals surface area contributed by atoms with Gasteiger partial charge in [0.25, 0.3) is 0 Å². The Kier molecular flexibility index (Phi) is 5.61. The van der Waals surface area contributed by atoms with Crippen LogP contribution in [0.4, 0.5) is 0 Å². The van der Waals surface area contributed by atoms with Crippen LogP contribution in [0.15, 0.2) is 72.9 Å². The minimum Gasteiger partial charge on any atom is -0.493 e. The molecular weight excluding hydrogens is 448 g/mol. The number of ether oxygens (including phenoxy) is 1. The van der Waals surface area contributed by atoms with Crippen molar-refractivity contribution in [2.45, 2.75) is 32.6 Å². The van der Waals surface area contributed by atoms with Crippen LogP contribution in [0.3, 0.4) is 0 Å². The van der Waals surface area contributed by atoms with Gasteiger partial charge in [0.1, 0.15) is 5.75 Å². The second-order valence-corrected chi connectivity index (χ2v) is 9.38. The van der Waals surface area contributed by atoms with Crippen molar-refractivity contribution in [1.29, 1.82) is 0 Å². The van der Waals surface area contributed by atoms with Crippen LogP contribution in [0.2, 0.25) is 0 Å². The lowest BCUT2D eigenvalue weighted by Crippen LogP contribution is -2.10. The van der Waals surface area contributed by atoms with Crippen molar-refractivity contribution in [3.05, 3.63) is 101 Å². The Bertz CT molecular complexity index is 1620. The van der Waals surface area contributed by atoms with E-state index in [-0.39, 0.29) is 6.42 Å². The van der Waals surface area contributed by atoms with Crippen molar-refractivity contribution in [2.75, 3.05) is 6.61 Å². The molecule has 5 aromatic rings. The number of carbonyl (C=O) groups is 1. The number of aliphatic carboxylic acids is 1. The average Bonchev–Trinajstić information content (AvgIpc) is 2.89. The molecule has 0 saturated carbocycles. The summed E-state index contributed by atoms with van der Waals surface area (Å²) in [4.78, 5) is 21.6. The van der Waals surface area contributed by atoms with Crippen molar-refractivity contribution < 1.29 is 14.6 Å². The van der Waals surface area contributed by atoms with Crippen molar-refractivity contribution >= 4 is 27.8 Å². The molecule has 0 saturated heterocycles. The molecular formula is C31H26N2O3. The second kappa shape index (κ2) is 9.08. The van der Waals surface area contributed by atoms with Gasteiger partial charge in [0.05, 0.1) is 24.1 Å². The van der Waals surface area contributed by atoms with Gasteiger partial charge in [-0.05, 0) is 77.9 Å². The molecule has 0 aliphatic carbocycles. The Morgan fingerprint density at radius 1 is 1.03 bits per heavy atom. The summed E-state index contributed by atoms with van der Waals surface area (Å²) in [5.74, 6) is -0.0219. The summed E-state index contributed by atoms with van der Waals surface area (Å²) < 4.78 is 5.93. The van der Waals surface area contributed by atoms with Gasteiger partial charge in [0, 0.05) is 34.6 Å². The number of aryl methyl sites for hydroxylation is 3. The van der Waals surface area contributed by atoms with E-state index in [1.54, 1.807) is 0 Å². The first-order valence-corrected chi connectivity index (χ1v) is 12.3. The molecule has 3 heterocycles. The van der Waals surface area contributed by atoms with E-state index in [0.717, 1.165) is 74.8 Å². The average molecular weight is 475 g/mol. The molecule has 0 amide bonds. The van der Waals surface area contributed by atoms with Gasteiger partial charge >= 0.3 is 5.97 Å². The van der Waals surface area contributed by atoms with E-state index in [1.807, 2.05) is 43.5 Å². The summed E-state index contributed by atoms with van der Waals surface area (Å²) in [5, 5.41) is 11.7. The maximum Gasteiger partial charge on any atom is 0.307 e. The quantitative estimate of drug-likeness (QED) is 0.322. The molecule has 0 spiro atoms. The van der Waals surface area contributed by atoms with E-state index in [1.165, 1.54) is 11.1 Å². The fourth-order valence-electron chi connectivity index (χ4n) is 5.34. The monoisotopic (exact) mass is 474 g/mol. The lowest BCUT2D eigenvalue weighted by atomic mass is 9.87. The van der Waals surface area contributed by atoms with Gasteiger partial charge in [0.2, 0.25) is 0 Å². The molecule has 5 nitrogen and oxygen atoms in total. The Labute approximate surface area is 209 Å². The Morgan fingerprint density at radius 2 is 1.89 bits per heavy atom. The third-order valence-electron chi connectivity index (χ3n) is 7.06. The number of rotatable bonds is 6. The zero-order valence-corrected chi connectivity index (χ0v) is 20.1. The summed E-state index contributed by atoms with van der Waals surface area (Å²) in [6.45, 7) is 2.62. The lowest BCUT2D eigenvalue weighted by Gasteiger charge is -2.21. The van der Waals surface area contributed by atoms with Gasteiger partial charge in [-0.2, -0.15) is 0 Å². The van der Waals surface area contributed by atoms with Crippen LogP contribution in [0.5, 0.6) is 5.75 Å². The molecule has 1 aliphatic rings. The maximum absolute atomic E-state index is 11.9. The summed E-state index contributed by atoms with van der Waals surface area (Å²) in [6.07, 6.45) is 4.36. The fourth-order valence-corrected chi connectivity index (χ4v) is 5.34. The third kappa shape index (κ3) is 3.97. The molecule has 0 bridgehead atoms. The summed E-state index contributed by atoms with van der Waals surface area (Å²) in [6, 6.07) is 22.6. The van der Waals surface area contributed by atoms with Gasteiger partial charge in [-0.3, -0.25) is 14.8 Å². The third-order valence-corrected chi connectivity index (χ3v) is 7.06. The zero-order chi connectivity index (χ0) is 24.6. The first kappa shape index (κ1) is 22.2.